The molecule has 1 unspecified atom stereocenters. The predicted octanol–water partition coefficient (Wildman–Crippen LogP) is 0.598. The first-order valence-corrected chi connectivity index (χ1v) is 4.35. The van der Waals surface area contributed by atoms with E-state index in [-0.39, 0.29) is 5.41 Å². The molecule has 1 N–H and O–H groups in total. The minimum Gasteiger partial charge on any atom is -0.315 e. The van der Waals surface area contributed by atoms with E-state index in [1.165, 1.54) is 12.1 Å². The fraction of sp³-hybridized carbons (Fsp3) is 0.444. The molecule has 1 aromatic heterocycles. The van der Waals surface area contributed by atoms with Gasteiger partial charge in [0.2, 0.25) is 0 Å². The van der Waals surface area contributed by atoms with Crippen LogP contribution in [0.15, 0.2) is 18.3 Å². The number of fused-ring (bicyclic) bond motifs is 2. The molecule has 3 nitrogen and oxygen atoms in total. The zero-order valence-electron chi connectivity index (χ0n) is 6.83. The standard InChI is InChI=1S/C9H11N3/c1-4-11-12-6-3-9(8(1)12)2-5-10-7-9/h1,3-4,6,10H,2,5,7H2. The Morgan fingerprint density at radius 1 is 1.58 bits per heavy atom. The Bertz CT molecular complexity index is 331. The number of hydrogen-bond donors (Lipinski definition) is 1. The van der Waals surface area contributed by atoms with Crippen molar-refractivity contribution in [3.63, 3.8) is 0 Å². The van der Waals surface area contributed by atoms with Crippen molar-refractivity contribution >= 4 is 6.20 Å². The summed E-state index contributed by atoms with van der Waals surface area (Å²) >= 11 is 0. The normalized spacial score (nSPS) is 31.7. The van der Waals surface area contributed by atoms with Gasteiger partial charge < -0.3 is 5.32 Å². The van der Waals surface area contributed by atoms with Crippen molar-refractivity contribution in [3.05, 3.63) is 24.0 Å². The van der Waals surface area contributed by atoms with Gasteiger partial charge in [-0.25, -0.2) is 4.68 Å². The largest absolute Gasteiger partial charge is 0.315 e. The van der Waals surface area contributed by atoms with Crippen LogP contribution in [0.5, 0.6) is 0 Å². The Kier molecular flexibility index (Phi) is 1.06. The van der Waals surface area contributed by atoms with Crippen LogP contribution in [0.25, 0.3) is 6.20 Å². The molecule has 2 aliphatic rings. The lowest BCUT2D eigenvalue weighted by molar-refractivity contribution is 0.582. The van der Waals surface area contributed by atoms with Crippen LogP contribution in [-0.2, 0) is 5.41 Å². The number of aromatic nitrogens is 2. The van der Waals surface area contributed by atoms with Crippen molar-refractivity contribution in [1.82, 2.24) is 15.1 Å². The van der Waals surface area contributed by atoms with Crippen LogP contribution in [0.2, 0.25) is 0 Å². The Morgan fingerprint density at radius 3 is 3.42 bits per heavy atom. The molecule has 0 aliphatic carbocycles. The topological polar surface area (TPSA) is 29.9 Å². The molecular weight excluding hydrogens is 150 g/mol. The van der Waals surface area contributed by atoms with Gasteiger partial charge in [0.25, 0.3) is 0 Å². The van der Waals surface area contributed by atoms with Crippen LogP contribution in [0, 0.1) is 0 Å². The first-order valence-electron chi connectivity index (χ1n) is 4.35. The van der Waals surface area contributed by atoms with Gasteiger partial charge in [-0.15, -0.1) is 0 Å². The Hall–Kier alpha value is -1.09. The molecule has 0 saturated carbocycles. The molecule has 1 aromatic rings. The lowest BCUT2D eigenvalue weighted by Gasteiger charge is -2.18. The van der Waals surface area contributed by atoms with E-state index in [1.807, 2.05) is 10.9 Å². The highest BCUT2D eigenvalue weighted by Gasteiger charge is 2.38. The van der Waals surface area contributed by atoms with E-state index in [0.717, 1.165) is 13.1 Å². The number of nitrogens with zero attached hydrogens (tertiary/aromatic N) is 2. The Morgan fingerprint density at radius 2 is 2.58 bits per heavy atom. The van der Waals surface area contributed by atoms with Gasteiger partial charge in [-0.05, 0) is 19.0 Å². The fourth-order valence-electron chi connectivity index (χ4n) is 2.20. The van der Waals surface area contributed by atoms with Crippen molar-refractivity contribution in [3.8, 4) is 0 Å². The van der Waals surface area contributed by atoms with Gasteiger partial charge in [0.05, 0.1) is 5.69 Å². The summed E-state index contributed by atoms with van der Waals surface area (Å²) in [6.07, 6.45) is 7.42. The third-order valence-electron chi connectivity index (χ3n) is 2.90. The molecule has 1 saturated heterocycles. The highest BCUT2D eigenvalue weighted by atomic mass is 15.3. The smallest absolute Gasteiger partial charge is 0.0548 e. The second-order valence-electron chi connectivity index (χ2n) is 3.56. The summed E-state index contributed by atoms with van der Waals surface area (Å²) in [6, 6.07) is 2.12. The Balaban J connectivity index is 2.15. The molecule has 3 heteroatoms. The second kappa shape index (κ2) is 1.98. The Labute approximate surface area is 71.1 Å². The van der Waals surface area contributed by atoms with Crippen molar-refractivity contribution in [2.75, 3.05) is 13.1 Å². The molecule has 12 heavy (non-hydrogen) atoms. The maximum absolute atomic E-state index is 4.22. The molecule has 0 radical (unpaired) electrons. The molecule has 0 amide bonds. The second-order valence-corrected chi connectivity index (χ2v) is 3.56. The lowest BCUT2D eigenvalue weighted by atomic mass is 9.85. The van der Waals surface area contributed by atoms with E-state index in [9.17, 15) is 0 Å². The van der Waals surface area contributed by atoms with E-state index < -0.39 is 0 Å². The summed E-state index contributed by atoms with van der Waals surface area (Å²) in [5, 5.41) is 7.61. The molecule has 3 heterocycles. The van der Waals surface area contributed by atoms with E-state index >= 15 is 0 Å². The number of rotatable bonds is 0. The molecule has 1 spiro atoms. The van der Waals surface area contributed by atoms with Crippen molar-refractivity contribution in [1.29, 1.82) is 0 Å². The quantitative estimate of drug-likeness (QED) is 0.604. The minimum atomic E-state index is 0.260. The van der Waals surface area contributed by atoms with Crippen molar-refractivity contribution < 1.29 is 0 Å². The summed E-state index contributed by atoms with van der Waals surface area (Å²) in [7, 11) is 0. The van der Waals surface area contributed by atoms with Gasteiger partial charge in [0, 0.05) is 24.4 Å². The van der Waals surface area contributed by atoms with Gasteiger partial charge in [0.1, 0.15) is 0 Å². The molecule has 2 aliphatic heterocycles. The highest BCUT2D eigenvalue weighted by Crippen LogP contribution is 2.36. The monoisotopic (exact) mass is 161 g/mol. The lowest BCUT2D eigenvalue weighted by Crippen LogP contribution is -2.25. The van der Waals surface area contributed by atoms with Crippen molar-refractivity contribution in [2.45, 2.75) is 11.8 Å². The molecule has 0 aromatic carbocycles. The molecular formula is C9H11N3. The van der Waals surface area contributed by atoms with E-state index in [2.05, 4.69) is 28.8 Å². The highest BCUT2D eigenvalue weighted by molar-refractivity contribution is 5.45. The van der Waals surface area contributed by atoms with E-state index in [0.29, 0.717) is 0 Å². The summed E-state index contributed by atoms with van der Waals surface area (Å²) in [4.78, 5) is 0. The minimum absolute atomic E-state index is 0.260. The number of nitrogens with one attached hydrogen (secondary N) is 1. The summed E-state index contributed by atoms with van der Waals surface area (Å²) in [6.45, 7) is 2.19. The zero-order valence-corrected chi connectivity index (χ0v) is 6.83. The molecule has 3 rings (SSSR count). The van der Waals surface area contributed by atoms with Crippen LogP contribution in [0.3, 0.4) is 0 Å². The van der Waals surface area contributed by atoms with E-state index in [4.69, 9.17) is 0 Å². The maximum Gasteiger partial charge on any atom is 0.0548 e. The predicted molar refractivity (Wildman–Crippen MR) is 46.7 cm³/mol. The average molecular weight is 161 g/mol. The molecule has 1 fully saturated rings. The summed E-state index contributed by atoms with van der Waals surface area (Å²) in [5.74, 6) is 0. The first kappa shape index (κ1) is 6.43. The van der Waals surface area contributed by atoms with Crippen LogP contribution >= 0.6 is 0 Å². The van der Waals surface area contributed by atoms with Crippen molar-refractivity contribution in [2.24, 2.45) is 0 Å². The fourth-order valence-corrected chi connectivity index (χ4v) is 2.20. The third kappa shape index (κ3) is 0.623. The van der Waals surface area contributed by atoms with Gasteiger partial charge >= 0.3 is 0 Å². The van der Waals surface area contributed by atoms with Gasteiger partial charge in [-0.2, -0.15) is 5.10 Å². The van der Waals surface area contributed by atoms with Gasteiger partial charge in [-0.1, -0.05) is 6.08 Å². The zero-order chi connectivity index (χ0) is 8.02. The van der Waals surface area contributed by atoms with Crippen LogP contribution in [0.4, 0.5) is 0 Å². The molecule has 0 bridgehead atoms. The average Bonchev–Trinajstić information content (AvgIpc) is 2.76. The summed E-state index contributed by atoms with van der Waals surface area (Å²) < 4.78 is 1.98. The third-order valence-corrected chi connectivity index (χ3v) is 2.90. The number of hydrogen-bond acceptors (Lipinski definition) is 2. The van der Waals surface area contributed by atoms with Crippen LogP contribution < -0.4 is 5.32 Å². The van der Waals surface area contributed by atoms with E-state index in [1.54, 1.807) is 0 Å². The maximum atomic E-state index is 4.22. The van der Waals surface area contributed by atoms with Crippen LogP contribution in [-0.4, -0.2) is 22.9 Å². The first-order chi connectivity index (χ1) is 5.91. The van der Waals surface area contributed by atoms with Gasteiger partial charge in [0.15, 0.2) is 0 Å². The van der Waals surface area contributed by atoms with Gasteiger partial charge in [-0.3, -0.25) is 0 Å². The molecule has 1 atom stereocenters. The summed E-state index contributed by atoms with van der Waals surface area (Å²) in [5.41, 5.74) is 1.60. The molecule has 62 valence electrons. The SMILES string of the molecule is C1=CC2(CCNC2)c2ccnn21. The van der Waals surface area contributed by atoms with Crippen LogP contribution in [0.1, 0.15) is 12.1 Å².